The predicted molar refractivity (Wildman–Crippen MR) is 146 cm³/mol. The van der Waals surface area contributed by atoms with Crippen LogP contribution in [0.2, 0.25) is 5.02 Å². The third kappa shape index (κ3) is 5.10. The highest BCUT2D eigenvalue weighted by atomic mass is 35.5. The number of hydrogen-bond acceptors (Lipinski definition) is 5. The monoisotopic (exact) mass is 510 g/mol. The van der Waals surface area contributed by atoms with E-state index in [0.717, 1.165) is 22.1 Å². The van der Waals surface area contributed by atoms with Gasteiger partial charge in [-0.2, -0.15) is 0 Å². The number of hydrogen-bond donors (Lipinski definition) is 2. The smallest absolute Gasteiger partial charge is 0.310 e. The van der Waals surface area contributed by atoms with Gasteiger partial charge in [0.25, 0.3) is 5.56 Å². The molecule has 6 nitrogen and oxygen atoms in total. The Morgan fingerprint density at radius 2 is 1.76 bits per heavy atom. The third-order valence-corrected chi connectivity index (χ3v) is 6.39. The second-order valence-corrected chi connectivity index (χ2v) is 8.97. The van der Waals surface area contributed by atoms with Crippen molar-refractivity contribution in [2.45, 2.75) is 13.3 Å². The number of H-pyrrole nitrogens is 1. The summed E-state index contributed by atoms with van der Waals surface area (Å²) in [4.78, 5) is 32.3. The summed E-state index contributed by atoms with van der Waals surface area (Å²) in [5.41, 5.74) is 5.17. The number of pyridine rings is 2. The fourth-order valence-electron chi connectivity index (χ4n) is 4.29. The van der Waals surface area contributed by atoms with Gasteiger partial charge in [-0.1, -0.05) is 54.1 Å². The summed E-state index contributed by atoms with van der Waals surface area (Å²) >= 11 is 6.59. The molecule has 0 unspecified atom stereocenters. The van der Waals surface area contributed by atoms with Gasteiger partial charge >= 0.3 is 5.97 Å². The minimum atomic E-state index is -0.312. The first-order chi connectivity index (χ1) is 17.9. The Bertz CT molecular complexity index is 1680. The van der Waals surface area contributed by atoms with Crippen molar-refractivity contribution >= 4 is 28.5 Å². The van der Waals surface area contributed by atoms with Gasteiger partial charge in [-0.15, -0.1) is 0 Å². The summed E-state index contributed by atoms with van der Waals surface area (Å²) < 4.78 is 5.04. The number of esters is 1. The molecule has 0 aliphatic heterocycles. The van der Waals surface area contributed by atoms with E-state index in [-0.39, 0.29) is 23.7 Å². The molecule has 2 heterocycles. The molecule has 5 rings (SSSR count). The van der Waals surface area contributed by atoms with Gasteiger partial charge in [-0.3, -0.25) is 14.6 Å². The van der Waals surface area contributed by atoms with Gasteiger partial charge in [0, 0.05) is 34.0 Å². The number of ether oxygens (including phenoxy) is 1. The number of benzene rings is 3. The number of aromatic amines is 1. The van der Waals surface area contributed by atoms with E-state index in [4.69, 9.17) is 16.3 Å². The van der Waals surface area contributed by atoms with Crippen molar-refractivity contribution in [3.63, 3.8) is 0 Å². The first-order valence-corrected chi connectivity index (χ1v) is 12.2. The zero-order chi connectivity index (χ0) is 25.9. The minimum Gasteiger partial charge on any atom is -0.507 e. The Hall–Kier alpha value is -4.42. The van der Waals surface area contributed by atoms with Gasteiger partial charge in [0.1, 0.15) is 5.75 Å². The Kier molecular flexibility index (Phi) is 6.75. The van der Waals surface area contributed by atoms with Crippen LogP contribution in [0, 0.1) is 0 Å². The van der Waals surface area contributed by atoms with Gasteiger partial charge in [0.15, 0.2) is 0 Å². The van der Waals surface area contributed by atoms with Crippen LogP contribution in [0.25, 0.3) is 44.4 Å². The molecule has 2 N–H and O–H groups in total. The minimum absolute atomic E-state index is 0.136. The molecule has 0 bridgehead atoms. The summed E-state index contributed by atoms with van der Waals surface area (Å²) in [6.45, 7) is 2.09. The molecule has 37 heavy (non-hydrogen) atoms. The zero-order valence-electron chi connectivity index (χ0n) is 20.0. The lowest BCUT2D eigenvalue weighted by atomic mass is 9.99. The van der Waals surface area contributed by atoms with Gasteiger partial charge in [-0.05, 0) is 59.8 Å². The summed E-state index contributed by atoms with van der Waals surface area (Å²) in [7, 11) is 0. The third-order valence-electron chi connectivity index (χ3n) is 6.08. The van der Waals surface area contributed by atoms with Crippen molar-refractivity contribution in [1.82, 2.24) is 9.97 Å². The molecule has 2 aromatic heterocycles. The van der Waals surface area contributed by atoms with E-state index >= 15 is 0 Å². The molecule has 0 saturated heterocycles. The van der Waals surface area contributed by atoms with Crippen LogP contribution in [0.5, 0.6) is 5.75 Å². The number of para-hydroxylation sites is 1. The molecule has 0 aliphatic carbocycles. The molecule has 0 amide bonds. The molecule has 0 radical (unpaired) electrons. The van der Waals surface area contributed by atoms with Crippen molar-refractivity contribution < 1.29 is 14.6 Å². The van der Waals surface area contributed by atoms with Crippen LogP contribution in [0.1, 0.15) is 12.5 Å². The fourth-order valence-corrected chi connectivity index (χ4v) is 4.57. The average Bonchev–Trinajstić information content (AvgIpc) is 2.89. The van der Waals surface area contributed by atoms with Gasteiger partial charge in [0.2, 0.25) is 0 Å². The van der Waals surface area contributed by atoms with Crippen LogP contribution >= 0.6 is 11.6 Å². The lowest BCUT2D eigenvalue weighted by Gasteiger charge is -2.10. The standard InChI is InChI=1S/C30H23ClN2O4/c1-2-37-29(35)13-18-6-5-7-19(12-18)24-15-21-14-23(25(31)16-27(21)33-30(24)36)20-10-11-26(32-17-20)22-8-3-4-9-28(22)34/h3-12,14-17,34H,2,13H2,1H3,(H,33,36). The number of phenolic OH excluding ortho intramolecular Hbond substituents is 1. The van der Waals surface area contributed by atoms with Crippen molar-refractivity contribution in [1.29, 1.82) is 0 Å². The molecule has 3 aromatic carbocycles. The maximum atomic E-state index is 12.9. The number of halogens is 1. The molecule has 7 heteroatoms. The van der Waals surface area contributed by atoms with Crippen molar-refractivity contribution in [2.24, 2.45) is 0 Å². The van der Waals surface area contributed by atoms with E-state index in [1.54, 1.807) is 37.4 Å². The van der Waals surface area contributed by atoms with Crippen LogP contribution in [0.3, 0.4) is 0 Å². The quantitative estimate of drug-likeness (QED) is 0.258. The maximum absolute atomic E-state index is 12.9. The molecule has 0 spiro atoms. The summed E-state index contributed by atoms with van der Waals surface area (Å²) in [6.07, 6.45) is 1.84. The van der Waals surface area contributed by atoms with Gasteiger partial charge in [-0.25, -0.2) is 0 Å². The van der Waals surface area contributed by atoms with E-state index in [1.807, 2.05) is 54.6 Å². The number of aromatic hydroxyl groups is 1. The molecule has 184 valence electrons. The Balaban J connectivity index is 1.52. The van der Waals surface area contributed by atoms with Crippen LogP contribution in [-0.4, -0.2) is 27.7 Å². The maximum Gasteiger partial charge on any atom is 0.310 e. The lowest BCUT2D eigenvalue weighted by molar-refractivity contribution is -0.142. The zero-order valence-corrected chi connectivity index (χ0v) is 20.8. The van der Waals surface area contributed by atoms with E-state index < -0.39 is 0 Å². The second kappa shape index (κ2) is 10.3. The average molecular weight is 511 g/mol. The number of nitrogens with one attached hydrogen (secondary N) is 1. The predicted octanol–water partition coefficient (Wildman–Crippen LogP) is 6.39. The molecule has 5 aromatic rings. The van der Waals surface area contributed by atoms with Crippen LogP contribution in [-0.2, 0) is 16.0 Å². The molecular weight excluding hydrogens is 488 g/mol. The summed E-state index contributed by atoms with van der Waals surface area (Å²) in [6, 6.07) is 23.5. The number of nitrogens with zero attached hydrogens (tertiary/aromatic N) is 1. The highest BCUT2D eigenvalue weighted by Crippen LogP contribution is 2.34. The summed E-state index contributed by atoms with van der Waals surface area (Å²) in [5.74, 6) is -0.150. The van der Waals surface area contributed by atoms with Crippen LogP contribution in [0.15, 0.2) is 89.9 Å². The second-order valence-electron chi connectivity index (χ2n) is 8.56. The molecule has 0 saturated carbocycles. The van der Waals surface area contributed by atoms with Crippen LogP contribution < -0.4 is 5.56 Å². The van der Waals surface area contributed by atoms with E-state index in [2.05, 4.69) is 9.97 Å². The highest BCUT2D eigenvalue weighted by molar-refractivity contribution is 6.34. The number of rotatable bonds is 6. The first-order valence-electron chi connectivity index (χ1n) is 11.8. The Morgan fingerprint density at radius 3 is 2.51 bits per heavy atom. The Morgan fingerprint density at radius 1 is 0.946 bits per heavy atom. The molecule has 0 aliphatic rings. The van der Waals surface area contributed by atoms with Crippen molar-refractivity contribution in [3.05, 3.63) is 106 Å². The number of fused-ring (bicyclic) bond motifs is 1. The number of phenols is 1. The highest BCUT2D eigenvalue weighted by Gasteiger charge is 2.13. The lowest BCUT2D eigenvalue weighted by Crippen LogP contribution is -2.10. The van der Waals surface area contributed by atoms with E-state index in [0.29, 0.717) is 39.5 Å². The largest absolute Gasteiger partial charge is 0.507 e. The number of carbonyl (C=O) groups is 1. The van der Waals surface area contributed by atoms with Gasteiger partial charge < -0.3 is 14.8 Å². The normalized spacial score (nSPS) is 11.0. The van der Waals surface area contributed by atoms with Gasteiger partial charge in [0.05, 0.1) is 23.7 Å². The molecule has 0 atom stereocenters. The summed E-state index contributed by atoms with van der Waals surface area (Å²) in [5, 5.41) is 11.4. The number of aromatic nitrogens is 2. The van der Waals surface area contributed by atoms with Crippen molar-refractivity contribution in [3.8, 4) is 39.3 Å². The molecular formula is C30H23ClN2O4. The topological polar surface area (TPSA) is 92.3 Å². The van der Waals surface area contributed by atoms with E-state index in [9.17, 15) is 14.7 Å². The van der Waals surface area contributed by atoms with Crippen LogP contribution in [0.4, 0.5) is 0 Å². The van der Waals surface area contributed by atoms with E-state index in [1.165, 1.54) is 0 Å². The number of carbonyl (C=O) groups excluding carboxylic acids is 1. The first kappa shape index (κ1) is 24.3. The Labute approximate surface area is 218 Å². The molecule has 0 fully saturated rings. The van der Waals surface area contributed by atoms with Crippen molar-refractivity contribution in [2.75, 3.05) is 6.61 Å². The fraction of sp³-hybridized carbons (Fsp3) is 0.100. The SMILES string of the molecule is CCOC(=O)Cc1cccc(-c2cc3cc(-c4ccc(-c5ccccc5O)nc4)c(Cl)cc3[nH]c2=O)c1.